The number of benzene rings is 1. The van der Waals surface area contributed by atoms with E-state index in [1.54, 1.807) is 32.9 Å². The Morgan fingerprint density at radius 2 is 2.00 bits per heavy atom. The lowest BCUT2D eigenvalue weighted by Crippen LogP contribution is -2.41. The summed E-state index contributed by atoms with van der Waals surface area (Å²) in [4.78, 5) is 25.9. The molecule has 1 heterocycles. The van der Waals surface area contributed by atoms with E-state index in [1.807, 2.05) is 0 Å². The third-order valence-corrected chi connectivity index (χ3v) is 3.46. The number of carbonyl (C=O) groups is 2. The van der Waals surface area contributed by atoms with Crippen LogP contribution in [0.3, 0.4) is 0 Å². The summed E-state index contributed by atoms with van der Waals surface area (Å²) in [5.74, 6) is 0.461. The molecule has 0 N–H and O–H groups in total. The first-order chi connectivity index (χ1) is 9.73. The van der Waals surface area contributed by atoms with Crippen molar-refractivity contribution < 1.29 is 19.1 Å². The topological polar surface area (TPSA) is 55.8 Å². The summed E-state index contributed by atoms with van der Waals surface area (Å²) in [6, 6.07) is 3.44. The fourth-order valence-corrected chi connectivity index (χ4v) is 2.62. The maximum absolute atomic E-state index is 12.4. The van der Waals surface area contributed by atoms with Gasteiger partial charge in [0.05, 0.1) is 12.8 Å². The molecule has 0 spiro atoms. The Bertz CT molecular complexity index is 592. The highest BCUT2D eigenvalue weighted by molar-refractivity contribution is 9.10. The van der Waals surface area contributed by atoms with E-state index < -0.39 is 11.7 Å². The molecule has 1 aromatic rings. The van der Waals surface area contributed by atoms with Crippen molar-refractivity contribution in [2.45, 2.75) is 32.8 Å². The Morgan fingerprint density at radius 3 is 2.57 bits per heavy atom. The van der Waals surface area contributed by atoms with Crippen LogP contribution in [0.2, 0.25) is 0 Å². The van der Waals surface area contributed by atoms with Crippen LogP contribution >= 0.6 is 15.9 Å². The van der Waals surface area contributed by atoms with E-state index in [0.29, 0.717) is 23.5 Å². The van der Waals surface area contributed by atoms with Gasteiger partial charge in [0.25, 0.3) is 0 Å². The van der Waals surface area contributed by atoms with Crippen molar-refractivity contribution in [2.75, 3.05) is 18.6 Å². The zero-order valence-electron chi connectivity index (χ0n) is 12.5. The van der Waals surface area contributed by atoms with Crippen molar-refractivity contribution in [3.8, 4) is 5.75 Å². The highest BCUT2D eigenvalue weighted by Crippen LogP contribution is 2.39. The summed E-state index contributed by atoms with van der Waals surface area (Å²) in [6.07, 6.45) is -0.205. The quantitative estimate of drug-likeness (QED) is 0.768. The zero-order chi connectivity index (χ0) is 15.8. The van der Waals surface area contributed by atoms with Crippen LogP contribution < -0.4 is 9.64 Å². The van der Waals surface area contributed by atoms with E-state index in [1.165, 1.54) is 12.0 Å². The Kier molecular flexibility index (Phi) is 4.27. The van der Waals surface area contributed by atoms with E-state index in [2.05, 4.69) is 15.9 Å². The van der Waals surface area contributed by atoms with E-state index in [9.17, 15) is 9.59 Å². The highest BCUT2D eigenvalue weighted by Gasteiger charge is 2.33. The smallest absolute Gasteiger partial charge is 0.414 e. The molecule has 1 aromatic carbocycles. The van der Waals surface area contributed by atoms with Gasteiger partial charge in [0, 0.05) is 23.0 Å². The molecule has 5 nitrogen and oxygen atoms in total. The third-order valence-electron chi connectivity index (χ3n) is 3.01. The van der Waals surface area contributed by atoms with Gasteiger partial charge in [0.2, 0.25) is 0 Å². The minimum absolute atomic E-state index is 0.00981. The van der Waals surface area contributed by atoms with Crippen molar-refractivity contribution in [1.29, 1.82) is 0 Å². The number of carbonyl (C=O) groups excluding carboxylic acids is 2. The number of amides is 1. The average molecular weight is 356 g/mol. The molecule has 2 rings (SSSR count). The fraction of sp³-hybridized carbons (Fsp3) is 0.467. The molecule has 0 fully saturated rings. The van der Waals surface area contributed by atoms with Gasteiger partial charge >= 0.3 is 6.09 Å². The highest BCUT2D eigenvalue weighted by atomic mass is 79.9. The van der Waals surface area contributed by atoms with Crippen LogP contribution in [0.1, 0.15) is 37.6 Å². The molecular formula is C15H18BrNO4. The van der Waals surface area contributed by atoms with E-state index in [-0.39, 0.29) is 12.2 Å². The standard InChI is InChI=1S/C15H18BrNO4/c1-15(2,3)21-14(19)17-6-5-11(18)10-7-9(16)8-12(20-4)13(10)17/h7-8H,5-6H2,1-4H3. The first-order valence-corrected chi connectivity index (χ1v) is 7.43. The van der Waals surface area contributed by atoms with Crippen molar-refractivity contribution in [3.05, 3.63) is 22.2 Å². The average Bonchev–Trinajstić information content (AvgIpc) is 2.36. The first-order valence-electron chi connectivity index (χ1n) is 6.64. The predicted octanol–water partition coefficient (Wildman–Crippen LogP) is 3.79. The van der Waals surface area contributed by atoms with E-state index >= 15 is 0 Å². The lowest BCUT2D eigenvalue weighted by Gasteiger charge is -2.32. The molecule has 0 radical (unpaired) electrons. The predicted molar refractivity (Wildman–Crippen MR) is 83.2 cm³/mol. The van der Waals surface area contributed by atoms with Gasteiger partial charge in [0.15, 0.2) is 5.78 Å². The number of ether oxygens (including phenoxy) is 2. The summed E-state index contributed by atoms with van der Waals surface area (Å²) in [5.41, 5.74) is 0.353. The zero-order valence-corrected chi connectivity index (χ0v) is 14.1. The number of hydrogen-bond donors (Lipinski definition) is 0. The lowest BCUT2D eigenvalue weighted by molar-refractivity contribution is 0.0576. The molecule has 114 valence electrons. The largest absolute Gasteiger partial charge is 0.495 e. The lowest BCUT2D eigenvalue weighted by atomic mass is 10.00. The molecule has 1 amide bonds. The molecule has 0 atom stereocenters. The minimum Gasteiger partial charge on any atom is -0.495 e. The summed E-state index contributed by atoms with van der Waals surface area (Å²) in [7, 11) is 1.51. The van der Waals surface area contributed by atoms with Gasteiger partial charge in [-0.3, -0.25) is 9.69 Å². The van der Waals surface area contributed by atoms with Crippen LogP contribution in [0.15, 0.2) is 16.6 Å². The number of nitrogens with zero attached hydrogens (tertiary/aromatic N) is 1. The van der Waals surface area contributed by atoms with Gasteiger partial charge in [-0.1, -0.05) is 15.9 Å². The molecule has 0 saturated heterocycles. The third kappa shape index (κ3) is 3.37. The van der Waals surface area contributed by atoms with Crippen molar-refractivity contribution in [1.82, 2.24) is 0 Å². The number of halogens is 1. The Morgan fingerprint density at radius 1 is 1.33 bits per heavy atom. The Balaban J connectivity index is 2.48. The van der Waals surface area contributed by atoms with Gasteiger partial charge in [-0.2, -0.15) is 0 Å². The summed E-state index contributed by atoms with van der Waals surface area (Å²) >= 11 is 3.35. The molecule has 0 saturated carbocycles. The number of ketones is 1. The van der Waals surface area contributed by atoms with Gasteiger partial charge < -0.3 is 9.47 Å². The van der Waals surface area contributed by atoms with Crippen LogP contribution in [-0.4, -0.2) is 31.1 Å². The number of methoxy groups -OCH3 is 1. The number of hydrogen-bond acceptors (Lipinski definition) is 4. The molecule has 0 aromatic heterocycles. The second-order valence-corrected chi connectivity index (χ2v) is 6.73. The second-order valence-electron chi connectivity index (χ2n) is 5.81. The molecule has 1 aliphatic rings. The second kappa shape index (κ2) is 5.67. The van der Waals surface area contributed by atoms with Gasteiger partial charge in [-0.05, 0) is 32.9 Å². The van der Waals surface area contributed by atoms with Crippen molar-refractivity contribution in [2.24, 2.45) is 0 Å². The normalized spacial score (nSPS) is 14.7. The molecule has 0 aliphatic carbocycles. The number of rotatable bonds is 1. The van der Waals surface area contributed by atoms with Crippen LogP contribution in [0, 0.1) is 0 Å². The number of fused-ring (bicyclic) bond motifs is 1. The Hall–Kier alpha value is -1.56. The SMILES string of the molecule is COc1cc(Br)cc2c1N(C(=O)OC(C)(C)C)CCC2=O. The first kappa shape index (κ1) is 15.8. The number of anilines is 1. The van der Waals surface area contributed by atoms with Crippen LogP contribution in [0.4, 0.5) is 10.5 Å². The molecule has 6 heteroatoms. The van der Waals surface area contributed by atoms with Gasteiger partial charge in [0.1, 0.15) is 11.4 Å². The number of Topliss-reactive ketones (excluding diaryl/α,β-unsaturated/α-hetero) is 1. The summed E-state index contributed by atoms with van der Waals surface area (Å²) < 4.78 is 11.5. The van der Waals surface area contributed by atoms with Gasteiger partial charge in [-0.15, -0.1) is 0 Å². The van der Waals surface area contributed by atoms with Crippen molar-refractivity contribution in [3.63, 3.8) is 0 Å². The maximum atomic E-state index is 12.4. The van der Waals surface area contributed by atoms with Gasteiger partial charge in [-0.25, -0.2) is 4.79 Å². The van der Waals surface area contributed by atoms with Crippen LogP contribution in [0.5, 0.6) is 5.75 Å². The Labute approximate surface area is 132 Å². The minimum atomic E-state index is -0.596. The molecule has 0 bridgehead atoms. The summed E-state index contributed by atoms with van der Waals surface area (Å²) in [6.45, 7) is 5.71. The monoisotopic (exact) mass is 355 g/mol. The fourth-order valence-electron chi connectivity index (χ4n) is 2.18. The molecule has 0 unspecified atom stereocenters. The van der Waals surface area contributed by atoms with Crippen LogP contribution in [-0.2, 0) is 4.74 Å². The van der Waals surface area contributed by atoms with Crippen LogP contribution in [0.25, 0.3) is 0 Å². The molecular weight excluding hydrogens is 338 g/mol. The molecule has 1 aliphatic heterocycles. The summed E-state index contributed by atoms with van der Waals surface area (Å²) in [5, 5.41) is 0. The van der Waals surface area contributed by atoms with E-state index in [4.69, 9.17) is 9.47 Å². The molecule has 21 heavy (non-hydrogen) atoms. The maximum Gasteiger partial charge on any atom is 0.414 e. The van der Waals surface area contributed by atoms with Crippen molar-refractivity contribution >= 4 is 33.5 Å². The van der Waals surface area contributed by atoms with E-state index in [0.717, 1.165) is 4.47 Å².